The molecule has 2 atom stereocenters. The van der Waals surface area contributed by atoms with Gasteiger partial charge in [-0.25, -0.2) is 9.78 Å². The number of aromatic nitrogens is 2. The second kappa shape index (κ2) is 10.0. The molecule has 2 aliphatic heterocycles. The fourth-order valence-electron chi connectivity index (χ4n) is 4.07. The Morgan fingerprint density at radius 2 is 1.88 bits per heavy atom. The van der Waals surface area contributed by atoms with Gasteiger partial charge in [-0.2, -0.15) is 4.98 Å². The maximum Gasteiger partial charge on any atom is 0.317 e. The number of piperazine rings is 1. The smallest absolute Gasteiger partial charge is 0.317 e. The number of rotatable bonds is 5. The fraction of sp³-hybridized carbons (Fsp3) is 0.455. The standard InChI is InChI=1S/C22H26Cl3N7O2/c1-12(15-5-4-14(23)10-16(15)24)26-19-18(25)13(2)27-21(29-19)32-8-6-31(7-9-32)20(33)17-11-30(3)22(34)28-17/h4-5,10,12,17H,6-9,11H2,1-3H3,(H,28,34)(H,26,27,29)/t12-,17-/m1/s1. The minimum atomic E-state index is -0.505. The summed E-state index contributed by atoms with van der Waals surface area (Å²) in [7, 11) is 1.67. The van der Waals surface area contributed by atoms with E-state index in [1.165, 1.54) is 4.90 Å². The van der Waals surface area contributed by atoms with Gasteiger partial charge in [0.25, 0.3) is 0 Å². The van der Waals surface area contributed by atoms with Gasteiger partial charge in [0.2, 0.25) is 11.9 Å². The third kappa shape index (κ3) is 5.11. The lowest BCUT2D eigenvalue weighted by atomic mass is 10.1. The summed E-state index contributed by atoms with van der Waals surface area (Å²) in [6.45, 7) is 6.34. The Hall–Kier alpha value is -2.49. The molecule has 1 aromatic heterocycles. The molecule has 2 aliphatic rings. The molecule has 12 heteroatoms. The van der Waals surface area contributed by atoms with Gasteiger partial charge in [-0.1, -0.05) is 40.9 Å². The van der Waals surface area contributed by atoms with E-state index in [1.54, 1.807) is 24.1 Å². The Labute approximate surface area is 213 Å². The number of amides is 3. The van der Waals surface area contributed by atoms with Crippen LogP contribution in [0.5, 0.6) is 0 Å². The molecular formula is C22H26Cl3N7O2. The third-order valence-electron chi connectivity index (χ3n) is 6.06. The predicted octanol–water partition coefficient (Wildman–Crippen LogP) is 3.59. The first-order chi connectivity index (χ1) is 16.1. The van der Waals surface area contributed by atoms with Crippen molar-refractivity contribution in [3.8, 4) is 0 Å². The lowest BCUT2D eigenvalue weighted by Gasteiger charge is -2.36. The minimum absolute atomic E-state index is 0.0680. The molecule has 0 spiro atoms. The lowest BCUT2D eigenvalue weighted by Crippen LogP contribution is -2.54. The number of aryl methyl sites for hydroxylation is 1. The Morgan fingerprint density at radius 3 is 2.50 bits per heavy atom. The molecule has 4 rings (SSSR count). The van der Waals surface area contributed by atoms with Gasteiger partial charge in [-0.15, -0.1) is 0 Å². The molecule has 3 amide bonds. The number of anilines is 2. The van der Waals surface area contributed by atoms with Crippen LogP contribution in [0, 0.1) is 6.92 Å². The summed E-state index contributed by atoms with van der Waals surface area (Å²) >= 11 is 18.9. The van der Waals surface area contributed by atoms with Crippen LogP contribution < -0.4 is 15.5 Å². The minimum Gasteiger partial charge on any atom is -0.362 e. The van der Waals surface area contributed by atoms with Gasteiger partial charge in [0.15, 0.2) is 5.82 Å². The molecule has 2 N–H and O–H groups in total. The highest BCUT2D eigenvalue weighted by Crippen LogP contribution is 2.32. The summed E-state index contributed by atoms with van der Waals surface area (Å²) in [6.07, 6.45) is 0. The summed E-state index contributed by atoms with van der Waals surface area (Å²) in [5.74, 6) is 0.985. The van der Waals surface area contributed by atoms with Gasteiger partial charge < -0.3 is 25.3 Å². The first kappa shape index (κ1) is 24.6. The van der Waals surface area contributed by atoms with Gasteiger partial charge in [-0.05, 0) is 31.5 Å². The van der Waals surface area contributed by atoms with Crippen LogP contribution in [0.25, 0.3) is 0 Å². The van der Waals surface area contributed by atoms with Crippen molar-refractivity contribution in [1.29, 1.82) is 0 Å². The van der Waals surface area contributed by atoms with E-state index in [0.717, 1.165) is 5.56 Å². The number of hydrogen-bond donors (Lipinski definition) is 2. The molecule has 0 radical (unpaired) electrons. The van der Waals surface area contributed by atoms with Crippen molar-refractivity contribution in [3.05, 3.63) is 44.5 Å². The lowest BCUT2D eigenvalue weighted by molar-refractivity contribution is -0.133. The second-order valence-corrected chi connectivity index (χ2v) is 9.72. The average Bonchev–Trinajstić information content (AvgIpc) is 3.14. The van der Waals surface area contributed by atoms with Gasteiger partial charge in [0, 0.05) is 43.3 Å². The largest absolute Gasteiger partial charge is 0.362 e. The highest BCUT2D eigenvalue weighted by Gasteiger charge is 2.35. The molecule has 2 fully saturated rings. The summed E-state index contributed by atoms with van der Waals surface area (Å²) < 4.78 is 0. The number of halogens is 3. The van der Waals surface area contributed by atoms with Crippen molar-refractivity contribution in [2.45, 2.75) is 25.9 Å². The molecule has 0 bridgehead atoms. The van der Waals surface area contributed by atoms with Crippen molar-refractivity contribution >= 4 is 58.5 Å². The summed E-state index contributed by atoms with van der Waals surface area (Å²) in [5, 5.41) is 7.62. The summed E-state index contributed by atoms with van der Waals surface area (Å²) in [5.41, 5.74) is 1.52. The van der Waals surface area contributed by atoms with E-state index in [2.05, 4.69) is 20.6 Å². The van der Waals surface area contributed by atoms with Crippen molar-refractivity contribution in [2.24, 2.45) is 0 Å². The van der Waals surface area contributed by atoms with Crippen molar-refractivity contribution in [1.82, 2.24) is 25.1 Å². The van der Waals surface area contributed by atoms with Crippen LogP contribution in [0.15, 0.2) is 18.2 Å². The maximum atomic E-state index is 12.8. The Balaban J connectivity index is 1.44. The van der Waals surface area contributed by atoms with Crippen LogP contribution in [0.1, 0.15) is 24.2 Å². The summed E-state index contributed by atoms with van der Waals surface area (Å²) in [4.78, 5) is 39.0. The zero-order valence-electron chi connectivity index (χ0n) is 19.1. The molecule has 1 aromatic carbocycles. The number of carbonyl (C=O) groups is 2. The number of benzene rings is 1. The van der Waals surface area contributed by atoms with Crippen LogP contribution in [0.4, 0.5) is 16.6 Å². The van der Waals surface area contributed by atoms with E-state index in [0.29, 0.717) is 65.3 Å². The fourth-order valence-corrected chi connectivity index (χ4v) is 4.78. The van der Waals surface area contributed by atoms with E-state index in [4.69, 9.17) is 34.8 Å². The number of urea groups is 1. The van der Waals surface area contributed by atoms with E-state index in [9.17, 15) is 9.59 Å². The SMILES string of the molecule is Cc1nc(N2CCN(C(=O)[C@H]3CN(C)C(=O)N3)CC2)nc(N[C@H](C)c2ccc(Cl)cc2Cl)c1Cl. The molecule has 182 valence electrons. The van der Waals surface area contributed by atoms with Gasteiger partial charge in [0.1, 0.15) is 11.1 Å². The van der Waals surface area contributed by atoms with Crippen molar-refractivity contribution in [3.63, 3.8) is 0 Å². The van der Waals surface area contributed by atoms with E-state index in [-0.39, 0.29) is 18.0 Å². The molecule has 0 saturated carbocycles. The topological polar surface area (TPSA) is 93.7 Å². The Kier molecular flexibility index (Phi) is 7.25. The zero-order chi connectivity index (χ0) is 24.6. The van der Waals surface area contributed by atoms with Gasteiger partial charge >= 0.3 is 6.03 Å². The number of hydrogen-bond acceptors (Lipinski definition) is 6. The van der Waals surface area contributed by atoms with Gasteiger partial charge in [-0.3, -0.25) is 4.79 Å². The van der Waals surface area contributed by atoms with Gasteiger partial charge in [0.05, 0.1) is 18.3 Å². The van der Waals surface area contributed by atoms with Crippen molar-refractivity contribution in [2.75, 3.05) is 50.0 Å². The van der Waals surface area contributed by atoms with Crippen LogP contribution in [0.3, 0.4) is 0 Å². The molecular weight excluding hydrogens is 501 g/mol. The van der Waals surface area contributed by atoms with Crippen molar-refractivity contribution < 1.29 is 9.59 Å². The Bertz CT molecular complexity index is 1110. The number of nitrogens with one attached hydrogen (secondary N) is 2. The number of nitrogens with zero attached hydrogens (tertiary/aromatic N) is 5. The predicted molar refractivity (Wildman–Crippen MR) is 134 cm³/mol. The highest BCUT2D eigenvalue weighted by atomic mass is 35.5. The monoisotopic (exact) mass is 525 g/mol. The zero-order valence-corrected chi connectivity index (χ0v) is 21.4. The molecule has 2 saturated heterocycles. The van der Waals surface area contributed by atoms with Crippen LogP contribution >= 0.6 is 34.8 Å². The maximum absolute atomic E-state index is 12.8. The van der Waals surface area contributed by atoms with E-state index < -0.39 is 6.04 Å². The average molecular weight is 527 g/mol. The molecule has 0 aliphatic carbocycles. The Morgan fingerprint density at radius 1 is 1.18 bits per heavy atom. The normalized spacial score (nSPS) is 19.3. The molecule has 2 aromatic rings. The summed E-state index contributed by atoms with van der Waals surface area (Å²) in [6, 6.07) is 4.45. The van der Waals surface area contributed by atoms with E-state index >= 15 is 0 Å². The number of likely N-dealkylation sites (N-methyl/N-ethyl adjacent to an activating group) is 1. The molecule has 0 unspecified atom stereocenters. The van der Waals surface area contributed by atoms with Crippen LogP contribution in [0.2, 0.25) is 15.1 Å². The molecule has 34 heavy (non-hydrogen) atoms. The molecule has 3 heterocycles. The van der Waals surface area contributed by atoms with E-state index in [1.807, 2.05) is 24.8 Å². The first-order valence-electron chi connectivity index (χ1n) is 10.9. The van der Waals surface area contributed by atoms with Crippen LogP contribution in [-0.4, -0.2) is 77.5 Å². The number of carbonyl (C=O) groups excluding carboxylic acids is 2. The molecule has 9 nitrogen and oxygen atoms in total. The second-order valence-electron chi connectivity index (χ2n) is 8.50. The first-order valence-corrected chi connectivity index (χ1v) is 12.1. The quantitative estimate of drug-likeness (QED) is 0.618. The third-order valence-corrected chi connectivity index (χ3v) is 7.08. The van der Waals surface area contributed by atoms with Crippen LogP contribution in [-0.2, 0) is 4.79 Å². The highest BCUT2D eigenvalue weighted by molar-refractivity contribution is 6.35.